The van der Waals surface area contributed by atoms with E-state index < -0.39 is 12.4 Å². The van der Waals surface area contributed by atoms with Crippen molar-refractivity contribution in [1.82, 2.24) is 9.78 Å². The summed E-state index contributed by atoms with van der Waals surface area (Å²) in [6.07, 6.45) is 1.04. The van der Waals surface area contributed by atoms with Crippen LogP contribution < -0.4 is 56.8 Å². The van der Waals surface area contributed by atoms with E-state index in [0.717, 1.165) is 6.20 Å². The fraction of sp³-hybridized carbons (Fsp3) is 0.571. The van der Waals surface area contributed by atoms with Gasteiger partial charge in [-0.2, -0.15) is 5.10 Å². The van der Waals surface area contributed by atoms with E-state index in [0.29, 0.717) is 0 Å². The zero-order valence-electron chi connectivity index (χ0n) is 8.76. The van der Waals surface area contributed by atoms with Gasteiger partial charge in [0.05, 0.1) is 0 Å². The van der Waals surface area contributed by atoms with Crippen LogP contribution in [0, 0.1) is 0 Å². The maximum Gasteiger partial charge on any atom is 1.00 e. The van der Waals surface area contributed by atoms with E-state index in [-0.39, 0.29) is 63.0 Å². The Hall–Kier alpha value is 0.701. The zero-order chi connectivity index (χ0) is 10.2. The first-order valence-corrected chi connectivity index (χ1v) is 4.05. The molecular weight excluding hydrogens is 219 g/mol. The van der Waals surface area contributed by atoms with Gasteiger partial charge in [0.25, 0.3) is 0 Å². The molecule has 0 fully saturated rings. The summed E-state index contributed by atoms with van der Waals surface area (Å²) in [5, 5.41) is 3.79. The predicted octanol–water partition coefficient (Wildman–Crippen LogP) is -1.40. The molecule has 0 aliphatic carbocycles. The van der Waals surface area contributed by atoms with E-state index in [9.17, 15) is 12.9 Å². The number of aryl methyl sites for hydroxylation is 1. The van der Waals surface area contributed by atoms with Gasteiger partial charge in [-0.3, -0.25) is 4.68 Å². The molecule has 1 aromatic rings. The largest absolute Gasteiger partial charge is 1.00 e. The molecule has 14 heavy (non-hydrogen) atoms. The van der Waals surface area contributed by atoms with Gasteiger partial charge in [0.15, 0.2) is 0 Å². The Morgan fingerprint density at radius 1 is 1.36 bits per heavy atom. The van der Waals surface area contributed by atoms with Crippen LogP contribution in [0.1, 0.15) is 25.5 Å². The summed E-state index contributed by atoms with van der Waals surface area (Å²) in [6, 6.07) is 0. The van der Waals surface area contributed by atoms with E-state index in [1.54, 1.807) is 13.8 Å². The Kier molecular flexibility index (Phi) is 5.42. The number of hydrogen-bond acceptors (Lipinski definition) is 1. The minimum atomic E-state index is -4.93. The standard InChI is InChI=1S/C7H11BF3N2.K/c1-5(2)7-6(8(9,10)11)4-13(3)12-7;/h4-5H,1-3H3;/q-1;+1. The molecule has 2 nitrogen and oxygen atoms in total. The molecule has 1 aromatic heterocycles. The van der Waals surface area contributed by atoms with Crippen molar-refractivity contribution in [1.29, 1.82) is 0 Å². The molecule has 0 spiro atoms. The molecule has 0 unspecified atom stereocenters. The molecular formula is C7H11BF3KN2. The second-order valence-electron chi connectivity index (χ2n) is 3.37. The summed E-state index contributed by atoms with van der Waals surface area (Å²) < 4.78 is 38.5. The predicted molar refractivity (Wildman–Crippen MR) is 46.0 cm³/mol. The van der Waals surface area contributed by atoms with Crippen molar-refractivity contribution < 1.29 is 64.3 Å². The van der Waals surface area contributed by atoms with Crippen LogP contribution in [0.5, 0.6) is 0 Å². The van der Waals surface area contributed by atoms with E-state index >= 15 is 0 Å². The van der Waals surface area contributed by atoms with Gasteiger partial charge in [-0.25, -0.2) is 0 Å². The molecule has 0 aromatic carbocycles. The van der Waals surface area contributed by atoms with Gasteiger partial charge in [-0.05, 0) is 12.1 Å². The summed E-state index contributed by atoms with van der Waals surface area (Å²) in [4.78, 5) is 0. The topological polar surface area (TPSA) is 17.8 Å². The molecule has 0 amide bonds. The van der Waals surface area contributed by atoms with E-state index in [1.807, 2.05) is 0 Å². The maximum absolute atomic E-state index is 12.4. The van der Waals surface area contributed by atoms with Crippen molar-refractivity contribution in [3.05, 3.63) is 11.9 Å². The molecule has 0 saturated heterocycles. The second-order valence-corrected chi connectivity index (χ2v) is 3.37. The van der Waals surface area contributed by atoms with Crippen LogP contribution >= 0.6 is 0 Å². The first kappa shape index (κ1) is 14.7. The third kappa shape index (κ3) is 3.37. The quantitative estimate of drug-likeness (QED) is 0.571. The van der Waals surface area contributed by atoms with Crippen molar-refractivity contribution in [2.75, 3.05) is 0 Å². The van der Waals surface area contributed by atoms with Crippen molar-refractivity contribution >= 4 is 12.4 Å². The van der Waals surface area contributed by atoms with Crippen molar-refractivity contribution in [3.63, 3.8) is 0 Å². The molecule has 0 saturated carbocycles. The van der Waals surface area contributed by atoms with Crippen LogP contribution in [0.15, 0.2) is 6.20 Å². The minimum Gasteiger partial charge on any atom is -0.445 e. The molecule has 0 N–H and O–H groups in total. The smallest absolute Gasteiger partial charge is 0.445 e. The molecule has 1 rings (SSSR count). The normalized spacial score (nSPS) is 11.6. The van der Waals surface area contributed by atoms with Gasteiger partial charge in [0.2, 0.25) is 0 Å². The monoisotopic (exact) mass is 230 g/mol. The number of aromatic nitrogens is 2. The number of hydrogen-bond donors (Lipinski definition) is 0. The van der Waals surface area contributed by atoms with Gasteiger partial charge >= 0.3 is 58.4 Å². The van der Waals surface area contributed by atoms with E-state index in [2.05, 4.69) is 5.10 Å². The van der Waals surface area contributed by atoms with Gasteiger partial charge in [-0.15, -0.1) is 0 Å². The van der Waals surface area contributed by atoms with Gasteiger partial charge in [0, 0.05) is 12.7 Å². The van der Waals surface area contributed by atoms with E-state index in [4.69, 9.17) is 0 Å². The average Bonchev–Trinajstić information content (AvgIpc) is 2.29. The Bertz CT molecular complexity index is 308. The molecule has 7 heteroatoms. The molecule has 0 aliphatic heterocycles. The summed E-state index contributed by atoms with van der Waals surface area (Å²) in [5.41, 5.74) is -0.437. The summed E-state index contributed by atoms with van der Waals surface area (Å²) in [5.74, 6) is -0.195. The molecule has 0 atom stereocenters. The Morgan fingerprint density at radius 3 is 2.14 bits per heavy atom. The van der Waals surface area contributed by atoms with Crippen LogP contribution in [0.2, 0.25) is 0 Å². The number of nitrogens with zero attached hydrogens (tertiary/aromatic N) is 2. The van der Waals surface area contributed by atoms with Crippen LogP contribution in [0.4, 0.5) is 12.9 Å². The van der Waals surface area contributed by atoms with Crippen molar-refractivity contribution in [2.24, 2.45) is 7.05 Å². The number of rotatable bonds is 2. The van der Waals surface area contributed by atoms with Gasteiger partial charge in [-0.1, -0.05) is 19.3 Å². The SMILES string of the molecule is CC(C)c1nn(C)cc1[B-](F)(F)F.[K+]. The Morgan fingerprint density at radius 2 is 1.86 bits per heavy atom. The van der Waals surface area contributed by atoms with Crippen molar-refractivity contribution in [3.8, 4) is 0 Å². The van der Waals surface area contributed by atoms with Crippen LogP contribution in [0.25, 0.3) is 0 Å². The molecule has 1 heterocycles. The first-order valence-electron chi connectivity index (χ1n) is 4.05. The molecule has 0 radical (unpaired) electrons. The maximum atomic E-state index is 12.4. The zero-order valence-corrected chi connectivity index (χ0v) is 11.9. The van der Waals surface area contributed by atoms with E-state index in [1.165, 1.54) is 11.7 Å². The summed E-state index contributed by atoms with van der Waals surface area (Å²) >= 11 is 0. The fourth-order valence-corrected chi connectivity index (χ4v) is 1.22. The molecule has 0 bridgehead atoms. The molecule has 0 aliphatic rings. The van der Waals surface area contributed by atoms with Crippen LogP contribution in [0.3, 0.4) is 0 Å². The van der Waals surface area contributed by atoms with Crippen LogP contribution in [-0.4, -0.2) is 16.8 Å². The Labute approximate surface area is 124 Å². The third-order valence-corrected chi connectivity index (χ3v) is 1.79. The first-order chi connectivity index (χ1) is 5.82. The summed E-state index contributed by atoms with van der Waals surface area (Å²) in [7, 11) is 1.50. The summed E-state index contributed by atoms with van der Waals surface area (Å²) in [6.45, 7) is -1.53. The van der Waals surface area contributed by atoms with Gasteiger partial charge in [0.1, 0.15) is 0 Å². The average molecular weight is 230 g/mol. The van der Waals surface area contributed by atoms with Crippen molar-refractivity contribution in [2.45, 2.75) is 19.8 Å². The molecule has 74 valence electrons. The fourth-order valence-electron chi connectivity index (χ4n) is 1.22. The number of halogens is 3. The van der Waals surface area contributed by atoms with Crippen LogP contribution in [-0.2, 0) is 7.05 Å². The minimum absolute atomic E-state index is 0. The third-order valence-electron chi connectivity index (χ3n) is 1.79. The second kappa shape index (κ2) is 5.16. The van der Waals surface area contributed by atoms with Gasteiger partial charge < -0.3 is 12.9 Å². The Balaban J connectivity index is 0.00000169.